The van der Waals surface area contributed by atoms with Gasteiger partial charge in [0.2, 0.25) is 11.7 Å². The molecule has 1 atom stereocenters. The quantitative estimate of drug-likeness (QED) is 0.681. The summed E-state index contributed by atoms with van der Waals surface area (Å²) >= 11 is 0. The molecule has 5 nitrogen and oxygen atoms in total. The van der Waals surface area contributed by atoms with Crippen molar-refractivity contribution in [1.29, 1.82) is 0 Å². The molecule has 0 unspecified atom stereocenters. The van der Waals surface area contributed by atoms with E-state index in [1.807, 2.05) is 15.4 Å². The number of amides is 1. The number of imidazole rings is 1. The minimum Gasteiger partial charge on any atom is -0.342 e. The van der Waals surface area contributed by atoms with Crippen molar-refractivity contribution in [1.82, 2.24) is 19.3 Å². The smallest absolute Gasteiger partial charge is 0.234 e. The van der Waals surface area contributed by atoms with Gasteiger partial charge in [0.15, 0.2) is 0 Å². The lowest BCUT2D eigenvalue weighted by Crippen LogP contribution is -2.31. The van der Waals surface area contributed by atoms with Gasteiger partial charge in [-0.15, -0.1) is 0 Å². The first-order chi connectivity index (χ1) is 13.3. The Labute approximate surface area is 164 Å². The molecule has 1 aliphatic rings. The van der Waals surface area contributed by atoms with Crippen LogP contribution in [0.2, 0.25) is 0 Å². The molecule has 3 heterocycles. The molecule has 6 heteroatoms. The third-order valence-corrected chi connectivity index (χ3v) is 5.22. The van der Waals surface area contributed by atoms with Crippen molar-refractivity contribution in [2.24, 2.45) is 5.41 Å². The first kappa shape index (κ1) is 18.6. The van der Waals surface area contributed by atoms with E-state index in [1.165, 1.54) is 12.1 Å². The zero-order valence-electron chi connectivity index (χ0n) is 16.5. The Morgan fingerprint density at radius 1 is 1.18 bits per heavy atom. The highest BCUT2D eigenvalue weighted by molar-refractivity contribution is 5.77. The van der Waals surface area contributed by atoms with Crippen LogP contribution in [0.5, 0.6) is 0 Å². The average Bonchev–Trinajstić information content (AvgIpc) is 3.28. The van der Waals surface area contributed by atoms with E-state index in [0.717, 1.165) is 29.9 Å². The molecule has 0 radical (unpaired) electrons. The maximum atomic E-state index is 13.3. The molecule has 1 fully saturated rings. The lowest BCUT2D eigenvalue weighted by atomic mass is 9.91. The van der Waals surface area contributed by atoms with Crippen LogP contribution in [0, 0.1) is 11.2 Å². The first-order valence-electron chi connectivity index (χ1n) is 9.68. The van der Waals surface area contributed by atoms with E-state index in [9.17, 15) is 9.18 Å². The Bertz CT molecular complexity index is 1000. The summed E-state index contributed by atoms with van der Waals surface area (Å²) in [7, 11) is 0. The number of carbonyl (C=O) groups excluding carboxylic acids is 1. The Morgan fingerprint density at radius 3 is 2.64 bits per heavy atom. The summed E-state index contributed by atoms with van der Waals surface area (Å²) in [6, 6.07) is 8.41. The fourth-order valence-corrected chi connectivity index (χ4v) is 3.88. The molecule has 0 saturated carbocycles. The molecule has 1 aromatic carbocycles. The van der Waals surface area contributed by atoms with E-state index >= 15 is 0 Å². The minimum atomic E-state index is -0.264. The fraction of sp³-hybridized carbons (Fsp3) is 0.409. The third-order valence-electron chi connectivity index (χ3n) is 5.22. The normalized spacial score (nSPS) is 17.4. The Hall–Kier alpha value is -2.76. The molecule has 1 amide bonds. The molecule has 146 valence electrons. The van der Waals surface area contributed by atoms with Crippen LogP contribution < -0.4 is 0 Å². The van der Waals surface area contributed by atoms with Crippen molar-refractivity contribution in [2.75, 3.05) is 13.1 Å². The van der Waals surface area contributed by atoms with Gasteiger partial charge in [0.1, 0.15) is 5.82 Å². The molecule has 1 saturated heterocycles. The van der Waals surface area contributed by atoms with Crippen molar-refractivity contribution in [3.05, 3.63) is 54.2 Å². The number of aromatic nitrogens is 3. The van der Waals surface area contributed by atoms with Gasteiger partial charge in [-0.1, -0.05) is 20.8 Å². The standard InChI is InChI=1S/C22H25FN4O/c1-22(2,3)12-20(28)26-11-9-16(14-26)18-8-10-24-21-25-13-19(27(18)21)15-4-6-17(23)7-5-15/h4-8,10,13,16H,9,11-12,14H2,1-3H3/t16-/m0/s1. The Balaban J connectivity index is 1.65. The number of rotatable bonds is 3. The molecule has 0 N–H and O–H groups in total. The van der Waals surface area contributed by atoms with Crippen LogP contribution in [0.25, 0.3) is 17.0 Å². The lowest BCUT2D eigenvalue weighted by molar-refractivity contribution is -0.132. The topological polar surface area (TPSA) is 50.5 Å². The summed E-state index contributed by atoms with van der Waals surface area (Å²) in [5.74, 6) is 0.795. The third kappa shape index (κ3) is 3.63. The second kappa shape index (κ2) is 7.00. The Morgan fingerprint density at radius 2 is 1.93 bits per heavy atom. The number of nitrogens with zero attached hydrogens (tertiary/aromatic N) is 4. The first-order valence-corrected chi connectivity index (χ1v) is 9.68. The van der Waals surface area contributed by atoms with Crippen LogP contribution in [0.1, 0.15) is 45.2 Å². The zero-order valence-corrected chi connectivity index (χ0v) is 16.5. The molecule has 1 aliphatic heterocycles. The van der Waals surface area contributed by atoms with Crippen molar-refractivity contribution < 1.29 is 9.18 Å². The lowest BCUT2D eigenvalue weighted by Gasteiger charge is -2.23. The van der Waals surface area contributed by atoms with Crippen molar-refractivity contribution in [2.45, 2.75) is 39.5 Å². The average molecular weight is 380 g/mol. The SMILES string of the molecule is CC(C)(C)CC(=O)N1CC[C@H](c2ccnc3ncc(-c4ccc(F)cc4)n23)C1. The van der Waals surface area contributed by atoms with Gasteiger partial charge in [-0.3, -0.25) is 9.20 Å². The molecule has 0 bridgehead atoms. The highest BCUT2D eigenvalue weighted by Crippen LogP contribution is 2.32. The number of hydrogen-bond donors (Lipinski definition) is 0. The van der Waals surface area contributed by atoms with Gasteiger partial charge in [-0.05, 0) is 42.2 Å². The van der Waals surface area contributed by atoms with Crippen molar-refractivity contribution in [3.8, 4) is 11.3 Å². The second-order valence-corrected chi connectivity index (χ2v) is 8.72. The Kier molecular flexibility index (Phi) is 4.65. The summed E-state index contributed by atoms with van der Waals surface area (Å²) in [4.78, 5) is 23.4. The van der Waals surface area contributed by atoms with E-state index in [-0.39, 0.29) is 23.1 Å². The minimum absolute atomic E-state index is 0.0147. The molecule has 4 rings (SSSR count). The van der Waals surface area contributed by atoms with Crippen molar-refractivity contribution in [3.63, 3.8) is 0 Å². The molecular formula is C22H25FN4O. The highest BCUT2D eigenvalue weighted by Gasteiger charge is 2.31. The zero-order chi connectivity index (χ0) is 19.9. The number of fused-ring (bicyclic) bond motifs is 1. The summed E-state index contributed by atoms with van der Waals surface area (Å²) in [6.07, 6.45) is 5.01. The van der Waals surface area contributed by atoms with Gasteiger partial charge in [0, 0.05) is 42.9 Å². The van der Waals surface area contributed by atoms with Gasteiger partial charge < -0.3 is 4.90 Å². The second-order valence-electron chi connectivity index (χ2n) is 8.72. The van der Waals surface area contributed by atoms with Crippen LogP contribution >= 0.6 is 0 Å². The van der Waals surface area contributed by atoms with Gasteiger partial charge in [-0.2, -0.15) is 0 Å². The largest absolute Gasteiger partial charge is 0.342 e. The number of carbonyl (C=O) groups is 1. The maximum absolute atomic E-state index is 13.3. The van der Waals surface area contributed by atoms with Crippen LogP contribution in [0.4, 0.5) is 4.39 Å². The van der Waals surface area contributed by atoms with Crippen molar-refractivity contribution >= 4 is 11.7 Å². The molecule has 2 aromatic heterocycles. The number of likely N-dealkylation sites (tertiary alicyclic amines) is 1. The summed E-state index contributed by atoms with van der Waals surface area (Å²) in [6.45, 7) is 7.74. The predicted molar refractivity (Wildman–Crippen MR) is 106 cm³/mol. The highest BCUT2D eigenvalue weighted by atomic mass is 19.1. The van der Waals surface area contributed by atoms with E-state index in [1.54, 1.807) is 24.5 Å². The van der Waals surface area contributed by atoms with Crippen LogP contribution in [0.15, 0.2) is 42.7 Å². The van der Waals surface area contributed by atoms with E-state index in [4.69, 9.17) is 0 Å². The monoisotopic (exact) mass is 380 g/mol. The predicted octanol–water partition coefficient (Wildman–Crippen LogP) is 4.29. The van der Waals surface area contributed by atoms with E-state index < -0.39 is 0 Å². The molecule has 0 aliphatic carbocycles. The van der Waals surface area contributed by atoms with Gasteiger partial charge in [0.25, 0.3) is 0 Å². The number of halogens is 1. The van der Waals surface area contributed by atoms with E-state index in [2.05, 4.69) is 30.7 Å². The van der Waals surface area contributed by atoms with Gasteiger partial charge >= 0.3 is 0 Å². The number of benzene rings is 1. The van der Waals surface area contributed by atoms with Crippen LogP contribution in [0.3, 0.4) is 0 Å². The molecule has 0 spiro atoms. The molecule has 28 heavy (non-hydrogen) atoms. The molecule has 3 aromatic rings. The number of hydrogen-bond acceptors (Lipinski definition) is 3. The van der Waals surface area contributed by atoms with E-state index in [0.29, 0.717) is 18.7 Å². The van der Waals surface area contributed by atoms with Gasteiger partial charge in [-0.25, -0.2) is 14.4 Å². The van der Waals surface area contributed by atoms with Gasteiger partial charge in [0.05, 0.1) is 11.9 Å². The molecular weight excluding hydrogens is 355 g/mol. The summed E-state index contributed by atoms with van der Waals surface area (Å²) in [5, 5.41) is 0. The van der Waals surface area contributed by atoms with Crippen LogP contribution in [-0.2, 0) is 4.79 Å². The summed E-state index contributed by atoms with van der Waals surface area (Å²) in [5.41, 5.74) is 2.85. The summed E-state index contributed by atoms with van der Waals surface area (Å²) < 4.78 is 15.4. The van der Waals surface area contributed by atoms with Crippen LogP contribution in [-0.4, -0.2) is 38.3 Å². The fourth-order valence-electron chi connectivity index (χ4n) is 3.88. The maximum Gasteiger partial charge on any atom is 0.234 e.